The van der Waals surface area contributed by atoms with Crippen molar-refractivity contribution in [2.45, 2.75) is 75.7 Å². The molecule has 11 heteroatoms. The Kier molecular flexibility index (Phi) is 6.04. The summed E-state index contributed by atoms with van der Waals surface area (Å²) in [5, 5.41) is 18.7. The maximum Gasteiger partial charge on any atom is 0.407 e. The van der Waals surface area contributed by atoms with Crippen LogP contribution >= 0.6 is 0 Å². The maximum atomic E-state index is 12.2. The molecular formula is C25H33N7O4. The number of carbonyl (C=O) groups excluding carboxylic acids is 1. The molecule has 3 atom stereocenters. The first-order valence-corrected chi connectivity index (χ1v) is 12.8. The zero-order valence-electron chi connectivity index (χ0n) is 20.7. The van der Waals surface area contributed by atoms with Gasteiger partial charge in [0.05, 0.1) is 25.0 Å². The van der Waals surface area contributed by atoms with E-state index < -0.39 is 0 Å². The monoisotopic (exact) mass is 495 g/mol. The quantitative estimate of drug-likeness (QED) is 0.432. The highest BCUT2D eigenvalue weighted by Gasteiger charge is 2.40. The molecule has 0 aromatic carbocycles. The van der Waals surface area contributed by atoms with E-state index in [9.17, 15) is 4.79 Å². The Labute approximate surface area is 209 Å². The minimum atomic E-state index is -0.299. The van der Waals surface area contributed by atoms with Crippen LogP contribution in [-0.2, 0) is 27.9 Å². The summed E-state index contributed by atoms with van der Waals surface area (Å²) in [5.41, 5.74) is 4.37. The Balaban J connectivity index is 1.10. The van der Waals surface area contributed by atoms with E-state index in [1.54, 1.807) is 6.20 Å². The molecule has 11 nitrogen and oxygen atoms in total. The topological polar surface area (TPSA) is 128 Å². The fraction of sp³-hybridized carbons (Fsp3) is 0.600. The van der Waals surface area contributed by atoms with Crippen LogP contribution in [0.3, 0.4) is 0 Å². The van der Waals surface area contributed by atoms with E-state index in [1.807, 2.05) is 30.8 Å². The third-order valence-corrected chi connectivity index (χ3v) is 7.50. The fourth-order valence-electron chi connectivity index (χ4n) is 5.13. The largest absolute Gasteiger partial charge is 0.446 e. The molecule has 4 heterocycles. The lowest BCUT2D eigenvalue weighted by molar-refractivity contribution is 0.0304. The molecule has 3 aromatic rings. The number of rotatable bonds is 8. The third kappa shape index (κ3) is 4.90. The molecule has 0 radical (unpaired) electrons. The van der Waals surface area contributed by atoms with Crippen molar-refractivity contribution in [3.63, 3.8) is 0 Å². The molecular weight excluding hydrogens is 462 g/mol. The van der Waals surface area contributed by atoms with E-state index in [0.29, 0.717) is 13.2 Å². The van der Waals surface area contributed by atoms with Gasteiger partial charge in [0.2, 0.25) is 0 Å². The van der Waals surface area contributed by atoms with Gasteiger partial charge in [0.15, 0.2) is 5.82 Å². The molecule has 3 aromatic heterocycles. The normalized spacial score (nSPS) is 24.8. The minimum absolute atomic E-state index is 0.0655. The average molecular weight is 496 g/mol. The number of fused-ring (bicyclic) bond motifs is 1. The molecule has 2 aliphatic carbocycles. The summed E-state index contributed by atoms with van der Waals surface area (Å²) in [7, 11) is 1.91. The summed E-state index contributed by atoms with van der Waals surface area (Å²) in [5.74, 6) is 1.00. The number of H-pyrrole nitrogens is 1. The first-order chi connectivity index (χ1) is 17.5. The van der Waals surface area contributed by atoms with E-state index in [4.69, 9.17) is 14.2 Å². The van der Waals surface area contributed by atoms with Crippen LogP contribution in [0.15, 0.2) is 18.3 Å². The van der Waals surface area contributed by atoms with Crippen molar-refractivity contribution in [2.24, 2.45) is 7.05 Å². The van der Waals surface area contributed by atoms with Gasteiger partial charge in [0.25, 0.3) is 0 Å². The van der Waals surface area contributed by atoms with Crippen molar-refractivity contribution in [1.29, 1.82) is 0 Å². The van der Waals surface area contributed by atoms with Gasteiger partial charge in [-0.05, 0) is 51.5 Å². The van der Waals surface area contributed by atoms with Gasteiger partial charge in [-0.25, -0.2) is 4.79 Å². The predicted octanol–water partition coefficient (Wildman–Crippen LogP) is 3.66. The Morgan fingerprint density at radius 3 is 3.00 bits per heavy atom. The number of anilines is 2. The second-order valence-corrected chi connectivity index (χ2v) is 10.5. The smallest absolute Gasteiger partial charge is 0.407 e. The number of hydrogen-bond acceptors (Lipinski definition) is 8. The molecule has 1 saturated heterocycles. The molecule has 3 N–H and O–H groups in total. The molecule has 0 bridgehead atoms. The summed E-state index contributed by atoms with van der Waals surface area (Å²) in [4.78, 5) is 16.7. The lowest BCUT2D eigenvalue weighted by atomic mass is 10.0. The standard InChI is InChI=1S/C25H33N7O4/c1-25(7-8-25)28-24(33)36-16-4-3-15(11-16)19-12-21(30-29-19)27-18-5-9-26-22-20(31-32(2)23(18)22)14-35-17-6-10-34-13-17/h5,9,12,15-17H,3-4,6-8,10-11,13-14H2,1-2H3,(H,28,33)(H2,26,27,29,30). The van der Waals surface area contributed by atoms with E-state index in [2.05, 4.69) is 30.9 Å². The van der Waals surface area contributed by atoms with Crippen LogP contribution in [0.4, 0.5) is 16.3 Å². The van der Waals surface area contributed by atoms with E-state index in [-0.39, 0.29) is 29.8 Å². The molecule has 192 valence electrons. The Morgan fingerprint density at radius 2 is 2.19 bits per heavy atom. The molecule has 3 unspecified atom stereocenters. The second kappa shape index (κ2) is 9.36. The molecule has 6 rings (SSSR count). The number of nitrogens with zero attached hydrogens (tertiary/aromatic N) is 4. The summed E-state index contributed by atoms with van der Waals surface area (Å²) >= 11 is 0. The summed E-state index contributed by atoms with van der Waals surface area (Å²) in [6, 6.07) is 3.96. The number of amides is 1. The molecule has 36 heavy (non-hydrogen) atoms. The van der Waals surface area contributed by atoms with Gasteiger partial charge >= 0.3 is 6.09 Å². The minimum Gasteiger partial charge on any atom is -0.446 e. The molecule has 1 aliphatic heterocycles. The predicted molar refractivity (Wildman–Crippen MR) is 132 cm³/mol. The van der Waals surface area contributed by atoms with Crippen molar-refractivity contribution in [3.05, 3.63) is 29.7 Å². The number of aromatic nitrogens is 5. The zero-order valence-corrected chi connectivity index (χ0v) is 20.7. The highest BCUT2D eigenvalue weighted by atomic mass is 16.6. The van der Waals surface area contributed by atoms with Crippen LogP contribution in [0.1, 0.15) is 62.8 Å². The SMILES string of the molecule is Cn1nc(COC2CCOC2)c2nccc(Nc3cc(C4CCC(OC(=O)NC5(C)CC5)C4)[nH]n3)c21. The van der Waals surface area contributed by atoms with Gasteiger partial charge in [0, 0.05) is 43.1 Å². The summed E-state index contributed by atoms with van der Waals surface area (Å²) in [6.07, 6.45) is 7.07. The lowest BCUT2D eigenvalue weighted by Gasteiger charge is -2.16. The van der Waals surface area contributed by atoms with Crippen LogP contribution in [0.2, 0.25) is 0 Å². The molecule has 1 amide bonds. The zero-order chi connectivity index (χ0) is 24.7. The number of carbonyl (C=O) groups is 1. The van der Waals surface area contributed by atoms with E-state index in [0.717, 1.165) is 79.1 Å². The molecule has 3 aliphatic rings. The van der Waals surface area contributed by atoms with Gasteiger partial charge in [0.1, 0.15) is 22.8 Å². The van der Waals surface area contributed by atoms with Crippen LogP contribution in [0, 0.1) is 0 Å². The van der Waals surface area contributed by atoms with Crippen LogP contribution in [-0.4, -0.2) is 62.0 Å². The summed E-state index contributed by atoms with van der Waals surface area (Å²) in [6.45, 7) is 3.83. The highest BCUT2D eigenvalue weighted by molar-refractivity contribution is 5.91. The number of hydrogen-bond donors (Lipinski definition) is 3. The van der Waals surface area contributed by atoms with Crippen molar-refractivity contribution in [1.82, 2.24) is 30.3 Å². The van der Waals surface area contributed by atoms with Crippen LogP contribution in [0.5, 0.6) is 0 Å². The Hall–Kier alpha value is -3.18. The number of pyridine rings is 1. The first-order valence-electron chi connectivity index (χ1n) is 12.8. The van der Waals surface area contributed by atoms with Gasteiger partial charge in [-0.3, -0.25) is 14.8 Å². The molecule has 3 fully saturated rings. The Morgan fingerprint density at radius 1 is 1.31 bits per heavy atom. The highest BCUT2D eigenvalue weighted by Crippen LogP contribution is 2.38. The number of aryl methyl sites for hydroxylation is 1. The number of alkyl carbamates (subject to hydrolysis) is 1. The van der Waals surface area contributed by atoms with Gasteiger partial charge in [-0.2, -0.15) is 10.2 Å². The van der Waals surface area contributed by atoms with E-state index in [1.165, 1.54) is 0 Å². The van der Waals surface area contributed by atoms with E-state index >= 15 is 0 Å². The van der Waals surface area contributed by atoms with Gasteiger partial charge in [-0.15, -0.1) is 0 Å². The number of ether oxygens (including phenoxy) is 3. The summed E-state index contributed by atoms with van der Waals surface area (Å²) < 4.78 is 18.9. The first kappa shape index (κ1) is 23.2. The molecule has 2 saturated carbocycles. The maximum absolute atomic E-state index is 12.2. The lowest BCUT2D eigenvalue weighted by Crippen LogP contribution is -2.36. The average Bonchev–Trinajstić information content (AvgIpc) is 3.40. The van der Waals surface area contributed by atoms with Crippen LogP contribution < -0.4 is 10.6 Å². The third-order valence-electron chi connectivity index (χ3n) is 7.50. The van der Waals surface area contributed by atoms with Crippen molar-refractivity contribution in [3.8, 4) is 0 Å². The number of nitrogens with one attached hydrogen (secondary N) is 3. The number of aromatic amines is 1. The van der Waals surface area contributed by atoms with Crippen molar-refractivity contribution in [2.75, 3.05) is 18.5 Å². The van der Waals surface area contributed by atoms with Crippen molar-refractivity contribution < 1.29 is 19.0 Å². The van der Waals surface area contributed by atoms with Gasteiger partial charge < -0.3 is 24.8 Å². The second-order valence-electron chi connectivity index (χ2n) is 10.5. The van der Waals surface area contributed by atoms with Crippen LogP contribution in [0.25, 0.3) is 11.0 Å². The van der Waals surface area contributed by atoms with Gasteiger partial charge in [-0.1, -0.05) is 0 Å². The molecule has 0 spiro atoms. The Bertz CT molecular complexity index is 1240. The van der Waals surface area contributed by atoms with Crippen molar-refractivity contribution >= 4 is 28.6 Å². The fourth-order valence-corrected chi connectivity index (χ4v) is 5.13.